The molecular formula is C12H16BaO4. The SMILES string of the molecule is CCOC(=O)c1ccc(C(=O)OCC)cc1.[BaH2]. The Hall–Kier alpha value is -0.269. The van der Waals surface area contributed by atoms with Crippen LogP contribution in [0.15, 0.2) is 24.3 Å². The van der Waals surface area contributed by atoms with E-state index in [9.17, 15) is 9.59 Å². The molecule has 5 heteroatoms. The fourth-order valence-electron chi connectivity index (χ4n) is 1.17. The number of carbonyl (C=O) groups is 2. The number of benzene rings is 1. The van der Waals surface area contributed by atoms with E-state index in [0.717, 1.165) is 0 Å². The molecule has 1 rings (SSSR count). The Morgan fingerprint density at radius 2 is 1.18 bits per heavy atom. The second kappa shape index (κ2) is 8.77. The maximum atomic E-state index is 11.3. The van der Waals surface area contributed by atoms with Gasteiger partial charge in [0.05, 0.1) is 24.3 Å². The van der Waals surface area contributed by atoms with Crippen LogP contribution in [-0.2, 0) is 9.47 Å². The van der Waals surface area contributed by atoms with E-state index in [1.165, 1.54) is 0 Å². The molecule has 0 radical (unpaired) electrons. The van der Waals surface area contributed by atoms with Crippen molar-refractivity contribution in [1.29, 1.82) is 0 Å². The number of rotatable bonds is 4. The van der Waals surface area contributed by atoms with Crippen molar-refractivity contribution in [2.24, 2.45) is 0 Å². The molecule has 0 atom stereocenters. The fourth-order valence-corrected chi connectivity index (χ4v) is 1.17. The molecule has 0 unspecified atom stereocenters. The predicted molar refractivity (Wildman–Crippen MR) is 66.9 cm³/mol. The van der Waals surface area contributed by atoms with E-state index in [-0.39, 0.29) is 48.9 Å². The van der Waals surface area contributed by atoms with Gasteiger partial charge in [0.2, 0.25) is 0 Å². The van der Waals surface area contributed by atoms with Crippen LogP contribution >= 0.6 is 0 Å². The van der Waals surface area contributed by atoms with Crippen LogP contribution in [-0.4, -0.2) is 74.0 Å². The number of ether oxygens (including phenoxy) is 2. The zero-order valence-corrected chi connectivity index (χ0v) is 9.36. The zero-order valence-electron chi connectivity index (χ0n) is 9.36. The first-order valence-electron chi connectivity index (χ1n) is 5.13. The zero-order chi connectivity index (χ0) is 12.0. The van der Waals surface area contributed by atoms with Crippen molar-refractivity contribution in [2.45, 2.75) is 13.8 Å². The summed E-state index contributed by atoms with van der Waals surface area (Å²) in [5.41, 5.74) is 0.852. The van der Waals surface area contributed by atoms with Crippen molar-refractivity contribution >= 4 is 60.8 Å². The van der Waals surface area contributed by atoms with Crippen LogP contribution in [0.4, 0.5) is 0 Å². The van der Waals surface area contributed by atoms with Gasteiger partial charge in [-0.3, -0.25) is 0 Å². The quantitative estimate of drug-likeness (QED) is 0.596. The molecule has 0 amide bonds. The molecule has 0 aromatic heterocycles. The van der Waals surface area contributed by atoms with Crippen molar-refractivity contribution < 1.29 is 19.1 Å². The number of hydrogen-bond donors (Lipinski definition) is 0. The Balaban J connectivity index is 0.00000256. The van der Waals surface area contributed by atoms with Gasteiger partial charge in [0.1, 0.15) is 0 Å². The molecule has 0 saturated heterocycles. The standard InChI is InChI=1S/C12H14O4.Ba.2H/c1-3-15-11(13)9-5-7-10(8-6-9)12(14)16-4-2;;;/h5-8H,3-4H2,1-2H3;;;. The summed E-state index contributed by atoms with van der Waals surface area (Å²) in [7, 11) is 0. The van der Waals surface area contributed by atoms with Gasteiger partial charge in [-0.05, 0) is 38.1 Å². The Bertz CT molecular complexity index is 336. The molecule has 1 aromatic rings. The monoisotopic (exact) mass is 362 g/mol. The van der Waals surface area contributed by atoms with Crippen molar-refractivity contribution in [2.75, 3.05) is 13.2 Å². The molecule has 0 fully saturated rings. The Kier molecular flexibility index (Phi) is 8.63. The number of hydrogen-bond acceptors (Lipinski definition) is 4. The first kappa shape index (κ1) is 16.7. The van der Waals surface area contributed by atoms with Crippen LogP contribution < -0.4 is 0 Å². The normalized spacial score (nSPS) is 9.06. The topological polar surface area (TPSA) is 52.6 Å². The molecule has 90 valence electrons. The molecule has 0 spiro atoms. The fraction of sp³-hybridized carbons (Fsp3) is 0.333. The molecule has 0 aliphatic carbocycles. The number of esters is 2. The van der Waals surface area contributed by atoms with E-state index in [1.807, 2.05) is 0 Å². The third-order valence-electron chi connectivity index (χ3n) is 1.91. The van der Waals surface area contributed by atoms with Gasteiger partial charge in [-0.1, -0.05) is 0 Å². The van der Waals surface area contributed by atoms with Gasteiger partial charge >= 0.3 is 60.8 Å². The molecule has 4 nitrogen and oxygen atoms in total. The molecule has 0 aliphatic rings. The summed E-state index contributed by atoms with van der Waals surface area (Å²) in [6.45, 7) is 4.15. The van der Waals surface area contributed by atoms with Gasteiger partial charge in [-0.2, -0.15) is 0 Å². The number of carbonyl (C=O) groups excluding carboxylic acids is 2. The maximum absolute atomic E-state index is 11.3. The molecule has 0 aliphatic heterocycles. The summed E-state index contributed by atoms with van der Waals surface area (Å²) in [4.78, 5) is 22.6. The molecule has 0 saturated carbocycles. The second-order valence-corrected chi connectivity index (χ2v) is 3.02. The van der Waals surface area contributed by atoms with Crippen LogP contribution in [0, 0.1) is 0 Å². The van der Waals surface area contributed by atoms with Gasteiger partial charge in [0.25, 0.3) is 0 Å². The summed E-state index contributed by atoms with van der Waals surface area (Å²) in [6.07, 6.45) is 0. The predicted octanol–water partition coefficient (Wildman–Crippen LogP) is 1.12. The molecular weight excluding hydrogens is 345 g/mol. The first-order chi connectivity index (χ1) is 7.69. The van der Waals surface area contributed by atoms with Crippen LogP contribution in [0.25, 0.3) is 0 Å². The van der Waals surface area contributed by atoms with Gasteiger partial charge in [-0.25, -0.2) is 9.59 Å². The van der Waals surface area contributed by atoms with Gasteiger partial charge < -0.3 is 9.47 Å². The van der Waals surface area contributed by atoms with E-state index < -0.39 is 11.9 Å². The molecule has 0 heterocycles. The van der Waals surface area contributed by atoms with Gasteiger partial charge in [0, 0.05) is 0 Å². The van der Waals surface area contributed by atoms with Crippen molar-refractivity contribution in [3.05, 3.63) is 35.4 Å². The Morgan fingerprint density at radius 1 is 0.882 bits per heavy atom. The summed E-state index contributed by atoms with van der Waals surface area (Å²) in [6, 6.07) is 6.18. The van der Waals surface area contributed by atoms with E-state index in [2.05, 4.69) is 0 Å². The molecule has 0 bridgehead atoms. The van der Waals surface area contributed by atoms with Gasteiger partial charge in [-0.15, -0.1) is 0 Å². The Labute approximate surface area is 141 Å². The van der Waals surface area contributed by atoms with Crippen molar-refractivity contribution in [1.82, 2.24) is 0 Å². The van der Waals surface area contributed by atoms with E-state index >= 15 is 0 Å². The van der Waals surface area contributed by atoms with E-state index in [1.54, 1.807) is 38.1 Å². The first-order valence-corrected chi connectivity index (χ1v) is 5.13. The van der Waals surface area contributed by atoms with Gasteiger partial charge in [0.15, 0.2) is 0 Å². The minimum atomic E-state index is -0.391. The van der Waals surface area contributed by atoms with E-state index in [4.69, 9.17) is 9.47 Å². The third-order valence-corrected chi connectivity index (χ3v) is 1.91. The minimum absolute atomic E-state index is 0. The Morgan fingerprint density at radius 3 is 1.41 bits per heavy atom. The average molecular weight is 362 g/mol. The average Bonchev–Trinajstić information content (AvgIpc) is 2.30. The second-order valence-electron chi connectivity index (χ2n) is 3.02. The van der Waals surface area contributed by atoms with Crippen molar-refractivity contribution in [3.8, 4) is 0 Å². The molecule has 17 heavy (non-hydrogen) atoms. The molecule has 1 aromatic carbocycles. The third kappa shape index (κ3) is 5.27. The molecule has 0 N–H and O–H groups in total. The summed E-state index contributed by atoms with van der Waals surface area (Å²) in [5, 5.41) is 0. The summed E-state index contributed by atoms with van der Waals surface area (Å²) >= 11 is 0. The van der Waals surface area contributed by atoms with Crippen LogP contribution in [0.3, 0.4) is 0 Å². The van der Waals surface area contributed by atoms with Crippen LogP contribution in [0.1, 0.15) is 34.6 Å². The van der Waals surface area contributed by atoms with Crippen molar-refractivity contribution in [3.63, 3.8) is 0 Å². The van der Waals surface area contributed by atoms with Crippen LogP contribution in [0.2, 0.25) is 0 Å². The summed E-state index contributed by atoms with van der Waals surface area (Å²) in [5.74, 6) is -0.782. The summed E-state index contributed by atoms with van der Waals surface area (Å²) < 4.78 is 9.64. The van der Waals surface area contributed by atoms with Crippen LogP contribution in [0.5, 0.6) is 0 Å². The van der Waals surface area contributed by atoms with E-state index in [0.29, 0.717) is 24.3 Å².